The van der Waals surface area contributed by atoms with Crippen LogP contribution in [0, 0.1) is 5.41 Å². The van der Waals surface area contributed by atoms with E-state index in [9.17, 15) is 4.79 Å². The smallest absolute Gasteiger partial charge is 0.226 e. The molecule has 0 spiro atoms. The quantitative estimate of drug-likeness (QED) is 0.766. The average Bonchev–Trinajstić information content (AvgIpc) is 2.15. The van der Waals surface area contributed by atoms with Crippen LogP contribution in [0.3, 0.4) is 0 Å². The molecule has 0 aliphatic carbocycles. The molecule has 14 heavy (non-hydrogen) atoms. The zero-order valence-corrected chi connectivity index (χ0v) is 10.2. The van der Waals surface area contributed by atoms with E-state index in [1.807, 2.05) is 13.8 Å². The van der Waals surface area contributed by atoms with Crippen molar-refractivity contribution in [3.63, 3.8) is 0 Å². The number of carbonyl (C=O) groups is 1. The Morgan fingerprint density at radius 2 is 2.07 bits per heavy atom. The summed E-state index contributed by atoms with van der Waals surface area (Å²) in [6, 6.07) is 0. The number of nitrogens with one attached hydrogen (secondary N) is 2. The second-order valence-electron chi connectivity index (χ2n) is 3.62. The number of rotatable bonds is 5. The highest BCUT2D eigenvalue weighted by molar-refractivity contribution is 6.36. The Bertz CT molecular complexity index is 227. The van der Waals surface area contributed by atoms with E-state index in [4.69, 9.17) is 23.2 Å². The van der Waals surface area contributed by atoms with Crippen molar-refractivity contribution in [3.05, 3.63) is 10.6 Å². The third-order valence-electron chi connectivity index (χ3n) is 1.82. The minimum absolute atomic E-state index is 0.00373. The van der Waals surface area contributed by atoms with Crippen LogP contribution in [0.4, 0.5) is 0 Å². The predicted octanol–water partition coefficient (Wildman–Crippen LogP) is 1.67. The molecule has 0 bridgehead atoms. The molecule has 0 saturated carbocycles. The van der Waals surface area contributed by atoms with Gasteiger partial charge in [-0.3, -0.25) is 4.79 Å². The highest BCUT2D eigenvalue weighted by Gasteiger charge is 2.25. The van der Waals surface area contributed by atoms with E-state index in [1.54, 1.807) is 7.05 Å². The van der Waals surface area contributed by atoms with Crippen LogP contribution in [0.2, 0.25) is 0 Å². The summed E-state index contributed by atoms with van der Waals surface area (Å²) in [5.41, 5.74) is 0.861. The molecule has 0 aromatic rings. The summed E-state index contributed by atoms with van der Waals surface area (Å²) in [4.78, 5) is 11.4. The van der Waals surface area contributed by atoms with Gasteiger partial charge in [0.15, 0.2) is 0 Å². The van der Waals surface area contributed by atoms with Gasteiger partial charge in [0.2, 0.25) is 5.91 Å². The van der Waals surface area contributed by atoms with Gasteiger partial charge < -0.3 is 10.6 Å². The van der Waals surface area contributed by atoms with E-state index < -0.39 is 5.41 Å². The van der Waals surface area contributed by atoms with Crippen molar-refractivity contribution in [2.45, 2.75) is 13.8 Å². The van der Waals surface area contributed by atoms with E-state index >= 15 is 0 Å². The summed E-state index contributed by atoms with van der Waals surface area (Å²) < 4.78 is 0. The third kappa shape index (κ3) is 4.84. The predicted molar refractivity (Wildman–Crippen MR) is 60.5 cm³/mol. The standard InChI is InChI=1S/C9H16Cl2N2O/c1-9(2,8(14)12-3)6-13-5-7(11)4-10/h4,13H,5-6H2,1-3H3,(H,12,14). The molecule has 0 aromatic heterocycles. The van der Waals surface area contributed by atoms with Crippen LogP contribution in [-0.2, 0) is 4.79 Å². The van der Waals surface area contributed by atoms with E-state index in [0.717, 1.165) is 0 Å². The number of amides is 1. The van der Waals surface area contributed by atoms with Crippen LogP contribution < -0.4 is 10.6 Å². The Hall–Kier alpha value is -0.250. The van der Waals surface area contributed by atoms with Crippen LogP contribution in [-0.4, -0.2) is 26.0 Å². The first-order valence-corrected chi connectivity index (χ1v) is 5.13. The Kier molecular flexibility index (Phi) is 6.16. The van der Waals surface area contributed by atoms with Crippen LogP contribution in [0.1, 0.15) is 13.8 Å². The number of carbonyl (C=O) groups excluding carboxylic acids is 1. The van der Waals surface area contributed by atoms with E-state index in [-0.39, 0.29) is 5.91 Å². The van der Waals surface area contributed by atoms with Crippen molar-refractivity contribution in [2.75, 3.05) is 20.1 Å². The molecule has 0 aliphatic rings. The Morgan fingerprint density at radius 1 is 1.50 bits per heavy atom. The first kappa shape index (κ1) is 13.8. The normalized spacial score (nSPS) is 12.8. The maximum absolute atomic E-state index is 11.4. The minimum Gasteiger partial charge on any atom is -0.359 e. The molecule has 0 atom stereocenters. The van der Waals surface area contributed by atoms with Crippen LogP contribution in [0.5, 0.6) is 0 Å². The van der Waals surface area contributed by atoms with E-state index in [1.165, 1.54) is 5.54 Å². The fraction of sp³-hybridized carbons (Fsp3) is 0.667. The van der Waals surface area contributed by atoms with Crippen molar-refractivity contribution < 1.29 is 4.79 Å². The molecule has 0 aliphatic heterocycles. The van der Waals surface area contributed by atoms with Gasteiger partial charge in [0.05, 0.1) is 5.41 Å². The highest BCUT2D eigenvalue weighted by Crippen LogP contribution is 2.13. The lowest BCUT2D eigenvalue weighted by Gasteiger charge is -2.22. The fourth-order valence-corrected chi connectivity index (χ4v) is 1.12. The van der Waals surface area contributed by atoms with Crippen LogP contribution in [0.15, 0.2) is 10.6 Å². The van der Waals surface area contributed by atoms with Gasteiger partial charge >= 0.3 is 0 Å². The number of hydrogen-bond acceptors (Lipinski definition) is 2. The molecule has 2 N–H and O–H groups in total. The van der Waals surface area contributed by atoms with Gasteiger partial charge in [0.1, 0.15) is 0 Å². The summed E-state index contributed by atoms with van der Waals surface area (Å²) in [5.74, 6) is -0.00373. The van der Waals surface area contributed by atoms with Crippen molar-refractivity contribution in [1.82, 2.24) is 10.6 Å². The molecule has 0 saturated heterocycles. The molecule has 5 heteroatoms. The first-order valence-electron chi connectivity index (χ1n) is 4.31. The molecule has 0 rings (SSSR count). The number of hydrogen-bond donors (Lipinski definition) is 2. The largest absolute Gasteiger partial charge is 0.359 e. The molecular weight excluding hydrogens is 223 g/mol. The lowest BCUT2D eigenvalue weighted by atomic mass is 9.92. The zero-order valence-electron chi connectivity index (χ0n) is 8.66. The maximum atomic E-state index is 11.4. The summed E-state index contributed by atoms with van der Waals surface area (Å²) in [7, 11) is 1.62. The molecular formula is C9H16Cl2N2O. The van der Waals surface area contributed by atoms with Crippen molar-refractivity contribution in [1.29, 1.82) is 0 Å². The summed E-state index contributed by atoms with van der Waals surface area (Å²) in [6.45, 7) is 4.74. The van der Waals surface area contributed by atoms with Crippen molar-refractivity contribution >= 4 is 29.1 Å². The van der Waals surface area contributed by atoms with Gasteiger partial charge in [0.25, 0.3) is 0 Å². The fourth-order valence-electron chi connectivity index (χ4n) is 0.952. The Labute approximate surface area is 94.8 Å². The summed E-state index contributed by atoms with van der Waals surface area (Å²) in [5, 5.41) is 6.18. The van der Waals surface area contributed by atoms with Gasteiger partial charge in [0, 0.05) is 30.7 Å². The summed E-state index contributed by atoms with van der Waals surface area (Å²) >= 11 is 11.1. The number of halogens is 2. The molecule has 0 unspecified atom stereocenters. The highest BCUT2D eigenvalue weighted by atomic mass is 35.5. The Morgan fingerprint density at radius 3 is 2.50 bits per heavy atom. The minimum atomic E-state index is -0.446. The third-order valence-corrected chi connectivity index (χ3v) is 2.44. The van der Waals surface area contributed by atoms with Crippen LogP contribution in [0.25, 0.3) is 0 Å². The molecule has 0 aromatic carbocycles. The average molecular weight is 239 g/mol. The molecule has 1 amide bonds. The van der Waals surface area contributed by atoms with E-state index in [0.29, 0.717) is 18.1 Å². The Balaban J connectivity index is 3.94. The van der Waals surface area contributed by atoms with Crippen molar-refractivity contribution in [2.24, 2.45) is 5.41 Å². The molecule has 0 heterocycles. The first-order chi connectivity index (χ1) is 6.44. The van der Waals surface area contributed by atoms with Crippen LogP contribution >= 0.6 is 23.2 Å². The molecule has 82 valence electrons. The van der Waals surface area contributed by atoms with Gasteiger partial charge in [-0.1, -0.05) is 23.2 Å². The van der Waals surface area contributed by atoms with Gasteiger partial charge in [-0.25, -0.2) is 0 Å². The topological polar surface area (TPSA) is 41.1 Å². The molecule has 0 radical (unpaired) electrons. The SMILES string of the molecule is CNC(=O)C(C)(C)CNCC(Cl)=CCl. The molecule has 0 fully saturated rings. The summed E-state index contributed by atoms with van der Waals surface area (Å²) in [6.07, 6.45) is 0. The molecule has 3 nitrogen and oxygen atoms in total. The monoisotopic (exact) mass is 238 g/mol. The lowest BCUT2D eigenvalue weighted by molar-refractivity contribution is -0.128. The van der Waals surface area contributed by atoms with E-state index in [2.05, 4.69) is 10.6 Å². The second kappa shape index (κ2) is 6.27. The van der Waals surface area contributed by atoms with Gasteiger partial charge in [-0.05, 0) is 13.8 Å². The zero-order chi connectivity index (χ0) is 11.2. The maximum Gasteiger partial charge on any atom is 0.226 e. The second-order valence-corrected chi connectivity index (χ2v) is 4.33. The van der Waals surface area contributed by atoms with Crippen molar-refractivity contribution in [3.8, 4) is 0 Å². The lowest BCUT2D eigenvalue weighted by Crippen LogP contribution is -2.42. The van der Waals surface area contributed by atoms with Gasteiger partial charge in [-0.15, -0.1) is 0 Å². The van der Waals surface area contributed by atoms with Gasteiger partial charge in [-0.2, -0.15) is 0 Å².